The first kappa shape index (κ1) is 22.4. The number of benzene rings is 2. The third-order valence-electron chi connectivity index (χ3n) is 6.40. The van der Waals surface area contributed by atoms with Crippen molar-refractivity contribution in [3.05, 3.63) is 104 Å². The molecule has 0 fully saturated rings. The van der Waals surface area contributed by atoms with Crippen LogP contribution in [0.2, 0.25) is 0 Å². The molecule has 1 aliphatic carbocycles. The SMILES string of the molecule is Cc1cc([C@@H](C)Nc2ccccc2C#N)c2oc(C3=Cc4cn(C)nc4CC=C3)c(C)c(=O)c2c1. The summed E-state index contributed by atoms with van der Waals surface area (Å²) in [6.45, 7) is 5.80. The van der Waals surface area contributed by atoms with Gasteiger partial charge in [-0.2, -0.15) is 10.4 Å². The van der Waals surface area contributed by atoms with Crippen molar-refractivity contribution < 1.29 is 4.42 Å². The van der Waals surface area contributed by atoms with E-state index in [4.69, 9.17) is 4.42 Å². The Morgan fingerprint density at radius 2 is 2.03 bits per heavy atom. The van der Waals surface area contributed by atoms with E-state index in [-0.39, 0.29) is 11.5 Å². The van der Waals surface area contributed by atoms with Crippen LogP contribution >= 0.6 is 0 Å². The Morgan fingerprint density at radius 3 is 2.83 bits per heavy atom. The normalized spacial score (nSPS) is 13.6. The molecule has 1 N–H and O–H groups in total. The maximum Gasteiger partial charge on any atom is 0.196 e. The lowest BCUT2D eigenvalue weighted by atomic mass is 9.98. The van der Waals surface area contributed by atoms with Crippen molar-refractivity contribution in [2.75, 3.05) is 5.32 Å². The number of hydrogen-bond donors (Lipinski definition) is 1. The lowest BCUT2D eigenvalue weighted by molar-refractivity contribution is 0.575. The maximum atomic E-state index is 13.5. The van der Waals surface area contributed by atoms with Crippen LogP contribution in [0.4, 0.5) is 5.69 Å². The Balaban J connectivity index is 1.68. The molecule has 2 aromatic heterocycles. The Hall–Kier alpha value is -4.37. The molecule has 1 atom stereocenters. The first-order valence-electron chi connectivity index (χ1n) is 11.6. The van der Waals surface area contributed by atoms with E-state index in [0.717, 1.165) is 40.1 Å². The van der Waals surface area contributed by atoms with Crippen LogP contribution in [0.3, 0.4) is 0 Å². The molecule has 5 rings (SSSR count). The van der Waals surface area contributed by atoms with Gasteiger partial charge in [-0.1, -0.05) is 30.4 Å². The van der Waals surface area contributed by atoms with E-state index >= 15 is 0 Å². The van der Waals surface area contributed by atoms with Crippen LogP contribution in [-0.2, 0) is 13.5 Å². The summed E-state index contributed by atoms with van der Waals surface area (Å²) in [5.41, 5.74) is 7.09. The zero-order valence-corrected chi connectivity index (χ0v) is 20.2. The number of allylic oxidation sites excluding steroid dienone is 3. The van der Waals surface area contributed by atoms with Gasteiger partial charge in [-0.25, -0.2) is 0 Å². The molecule has 0 spiro atoms. The number of aromatic nitrogens is 2. The van der Waals surface area contributed by atoms with E-state index in [9.17, 15) is 10.1 Å². The molecular formula is C29H26N4O2. The van der Waals surface area contributed by atoms with Gasteiger partial charge in [0.15, 0.2) is 5.43 Å². The number of fused-ring (bicyclic) bond motifs is 2. The predicted molar refractivity (Wildman–Crippen MR) is 139 cm³/mol. The molecule has 0 saturated heterocycles. The van der Waals surface area contributed by atoms with E-state index in [2.05, 4.69) is 16.5 Å². The zero-order valence-electron chi connectivity index (χ0n) is 20.2. The number of anilines is 1. The highest BCUT2D eigenvalue weighted by atomic mass is 16.3. The highest BCUT2D eigenvalue weighted by Crippen LogP contribution is 2.33. The molecule has 1 aliphatic rings. The summed E-state index contributed by atoms with van der Waals surface area (Å²) in [6, 6.07) is 13.3. The van der Waals surface area contributed by atoms with Crippen LogP contribution in [0, 0.1) is 25.2 Å². The molecule has 0 unspecified atom stereocenters. The molecular weight excluding hydrogens is 436 g/mol. The molecule has 0 aliphatic heterocycles. The topological polar surface area (TPSA) is 83.8 Å². The van der Waals surface area contributed by atoms with Crippen LogP contribution in [-0.4, -0.2) is 9.78 Å². The van der Waals surface area contributed by atoms with Gasteiger partial charge in [-0.05, 0) is 50.6 Å². The van der Waals surface area contributed by atoms with Gasteiger partial charge in [0.05, 0.1) is 28.4 Å². The van der Waals surface area contributed by atoms with Gasteiger partial charge in [0, 0.05) is 41.9 Å². The molecule has 0 bridgehead atoms. The maximum absolute atomic E-state index is 13.5. The van der Waals surface area contributed by atoms with Gasteiger partial charge in [-0.3, -0.25) is 9.48 Å². The second-order valence-corrected chi connectivity index (χ2v) is 9.05. The lowest BCUT2D eigenvalue weighted by Crippen LogP contribution is -2.13. The van der Waals surface area contributed by atoms with Crippen molar-refractivity contribution in [1.29, 1.82) is 5.26 Å². The summed E-state index contributed by atoms with van der Waals surface area (Å²) >= 11 is 0. The molecule has 2 heterocycles. The minimum Gasteiger partial charge on any atom is -0.455 e. The van der Waals surface area contributed by atoms with E-state index in [1.165, 1.54) is 0 Å². The summed E-state index contributed by atoms with van der Waals surface area (Å²) in [5.74, 6) is 0.560. The molecule has 6 nitrogen and oxygen atoms in total. The molecule has 2 aromatic carbocycles. The molecule has 0 radical (unpaired) electrons. The van der Waals surface area contributed by atoms with Crippen LogP contribution in [0.5, 0.6) is 0 Å². The minimum absolute atomic E-state index is 0.0409. The fourth-order valence-electron chi connectivity index (χ4n) is 4.67. The summed E-state index contributed by atoms with van der Waals surface area (Å²) in [6.07, 6.45) is 8.77. The van der Waals surface area contributed by atoms with Crippen molar-refractivity contribution >= 4 is 28.3 Å². The highest BCUT2D eigenvalue weighted by molar-refractivity contribution is 5.91. The Morgan fingerprint density at radius 1 is 1.23 bits per heavy atom. The van der Waals surface area contributed by atoms with E-state index in [1.807, 2.05) is 82.6 Å². The monoisotopic (exact) mass is 462 g/mol. The lowest BCUT2D eigenvalue weighted by Gasteiger charge is -2.19. The molecule has 0 amide bonds. The Bertz CT molecular complexity index is 1630. The van der Waals surface area contributed by atoms with Crippen molar-refractivity contribution in [2.45, 2.75) is 33.2 Å². The first-order chi connectivity index (χ1) is 16.9. The molecule has 6 heteroatoms. The van der Waals surface area contributed by atoms with E-state index < -0.39 is 0 Å². The third kappa shape index (κ3) is 4.06. The summed E-state index contributed by atoms with van der Waals surface area (Å²) < 4.78 is 8.34. The largest absolute Gasteiger partial charge is 0.455 e. The fourth-order valence-corrected chi connectivity index (χ4v) is 4.67. The number of nitriles is 1. The van der Waals surface area contributed by atoms with Gasteiger partial charge in [0.1, 0.15) is 17.4 Å². The molecule has 4 aromatic rings. The molecule has 0 saturated carbocycles. The summed E-state index contributed by atoms with van der Waals surface area (Å²) in [7, 11) is 1.90. The van der Waals surface area contributed by atoms with Crippen molar-refractivity contribution in [2.24, 2.45) is 7.05 Å². The van der Waals surface area contributed by atoms with Crippen molar-refractivity contribution in [1.82, 2.24) is 9.78 Å². The van der Waals surface area contributed by atoms with Gasteiger partial charge >= 0.3 is 0 Å². The second-order valence-electron chi connectivity index (χ2n) is 9.05. The average molecular weight is 463 g/mol. The van der Waals surface area contributed by atoms with Gasteiger partial charge in [0.2, 0.25) is 0 Å². The first-order valence-corrected chi connectivity index (χ1v) is 11.6. The van der Waals surface area contributed by atoms with Gasteiger partial charge < -0.3 is 9.73 Å². The van der Waals surface area contributed by atoms with E-state index in [0.29, 0.717) is 27.9 Å². The number of nitrogens with one attached hydrogen (secondary N) is 1. The number of para-hydroxylation sites is 1. The number of rotatable bonds is 4. The second kappa shape index (κ2) is 8.77. The third-order valence-corrected chi connectivity index (χ3v) is 6.40. The van der Waals surface area contributed by atoms with Crippen LogP contribution in [0.25, 0.3) is 22.6 Å². The van der Waals surface area contributed by atoms with Crippen LogP contribution < -0.4 is 10.7 Å². The van der Waals surface area contributed by atoms with Gasteiger partial charge in [0.25, 0.3) is 0 Å². The Kier molecular flexibility index (Phi) is 5.62. The smallest absolute Gasteiger partial charge is 0.196 e. The molecule has 35 heavy (non-hydrogen) atoms. The van der Waals surface area contributed by atoms with Crippen molar-refractivity contribution in [3.8, 4) is 6.07 Å². The standard InChI is InChI=1S/C29H26N4O2/c1-17-12-23(19(3)31-25-10-6-5-8-21(25)15-30)29-24(13-17)27(34)18(2)28(35-29)20-9-7-11-26-22(14-20)16-33(4)32-26/h5-10,12-14,16,19,31H,11H2,1-4H3/t19-/m1/s1. The quantitative estimate of drug-likeness (QED) is 0.412. The molecule has 174 valence electrons. The summed E-state index contributed by atoms with van der Waals surface area (Å²) in [5, 5.41) is 18.0. The highest BCUT2D eigenvalue weighted by Gasteiger charge is 2.21. The summed E-state index contributed by atoms with van der Waals surface area (Å²) in [4.78, 5) is 13.5. The number of hydrogen-bond acceptors (Lipinski definition) is 5. The average Bonchev–Trinajstić information content (AvgIpc) is 3.08. The predicted octanol–water partition coefficient (Wildman–Crippen LogP) is 5.84. The van der Waals surface area contributed by atoms with E-state index in [1.54, 1.807) is 10.7 Å². The zero-order chi connectivity index (χ0) is 24.7. The Labute approximate surface area is 203 Å². The van der Waals surface area contributed by atoms with Crippen molar-refractivity contribution in [3.63, 3.8) is 0 Å². The van der Waals surface area contributed by atoms with Crippen LogP contribution in [0.1, 0.15) is 52.2 Å². The minimum atomic E-state index is -0.200. The van der Waals surface area contributed by atoms with Gasteiger partial charge in [-0.15, -0.1) is 0 Å². The number of nitrogens with zero attached hydrogens (tertiary/aromatic N) is 3. The number of aryl methyl sites for hydroxylation is 2. The fraction of sp³-hybridized carbons (Fsp3) is 0.207. The van der Waals surface area contributed by atoms with Crippen LogP contribution in [0.15, 0.2) is 64.0 Å².